The van der Waals surface area contributed by atoms with E-state index in [0.29, 0.717) is 23.4 Å². The Kier molecular flexibility index (Phi) is 3.60. The number of benzene rings is 1. The molecule has 19 heavy (non-hydrogen) atoms. The summed E-state index contributed by atoms with van der Waals surface area (Å²) in [6.45, 7) is 7.10. The molecule has 3 N–H and O–H groups in total. The van der Waals surface area contributed by atoms with Crippen LogP contribution in [0.5, 0.6) is 0 Å². The van der Waals surface area contributed by atoms with Gasteiger partial charge in [0, 0.05) is 23.8 Å². The first-order valence-corrected chi connectivity index (χ1v) is 6.51. The highest BCUT2D eigenvalue weighted by Crippen LogP contribution is 2.31. The highest BCUT2D eigenvalue weighted by atomic mass is 19.1. The van der Waals surface area contributed by atoms with Crippen molar-refractivity contribution in [3.63, 3.8) is 0 Å². The lowest BCUT2D eigenvalue weighted by Gasteiger charge is -2.24. The minimum Gasteiger partial charge on any atom is -0.398 e. The summed E-state index contributed by atoms with van der Waals surface area (Å²) < 4.78 is 14.1. The number of rotatable bonds is 4. The van der Waals surface area contributed by atoms with Crippen molar-refractivity contribution in [3.8, 4) is 0 Å². The number of nitrogens with two attached hydrogens (primary N) is 1. The van der Waals surface area contributed by atoms with Crippen molar-refractivity contribution < 1.29 is 4.39 Å². The lowest BCUT2D eigenvalue weighted by Crippen LogP contribution is -2.22. The second-order valence-corrected chi connectivity index (χ2v) is 5.59. The molecule has 0 saturated heterocycles. The Labute approximate surface area is 113 Å². The van der Waals surface area contributed by atoms with Crippen molar-refractivity contribution >= 4 is 22.3 Å². The summed E-state index contributed by atoms with van der Waals surface area (Å²) in [6.07, 6.45) is 2.67. The molecule has 1 aromatic carbocycles. The van der Waals surface area contributed by atoms with E-state index in [2.05, 4.69) is 31.1 Å². The summed E-state index contributed by atoms with van der Waals surface area (Å²) in [6, 6.07) is 5.01. The van der Waals surface area contributed by atoms with Gasteiger partial charge in [-0.25, -0.2) is 4.39 Å². The fraction of sp³-hybridized carbons (Fsp3) is 0.400. The van der Waals surface area contributed by atoms with Gasteiger partial charge >= 0.3 is 0 Å². The van der Waals surface area contributed by atoms with Gasteiger partial charge in [-0.05, 0) is 30.0 Å². The van der Waals surface area contributed by atoms with Crippen LogP contribution in [0.15, 0.2) is 24.4 Å². The molecule has 0 amide bonds. The van der Waals surface area contributed by atoms with Crippen molar-refractivity contribution in [3.05, 3.63) is 30.2 Å². The first-order valence-electron chi connectivity index (χ1n) is 6.51. The van der Waals surface area contributed by atoms with E-state index in [1.807, 2.05) is 6.07 Å². The molecular formula is C15H20FN3. The number of nitrogens with one attached hydrogen (secondary N) is 1. The van der Waals surface area contributed by atoms with Crippen LogP contribution in [0.1, 0.15) is 27.2 Å². The van der Waals surface area contributed by atoms with Crippen LogP contribution >= 0.6 is 0 Å². The summed E-state index contributed by atoms with van der Waals surface area (Å²) >= 11 is 0. The van der Waals surface area contributed by atoms with E-state index in [0.717, 1.165) is 11.8 Å². The van der Waals surface area contributed by atoms with Crippen LogP contribution in [0, 0.1) is 11.2 Å². The number of nitrogens with zero attached hydrogens (tertiary/aromatic N) is 1. The Morgan fingerprint density at radius 1 is 1.42 bits per heavy atom. The zero-order valence-corrected chi connectivity index (χ0v) is 11.6. The van der Waals surface area contributed by atoms with Crippen LogP contribution in [0.25, 0.3) is 10.9 Å². The lowest BCUT2D eigenvalue weighted by molar-refractivity contribution is 0.376. The van der Waals surface area contributed by atoms with Crippen LogP contribution in [-0.2, 0) is 0 Å². The van der Waals surface area contributed by atoms with Gasteiger partial charge in [-0.3, -0.25) is 4.98 Å². The molecule has 1 heterocycles. The summed E-state index contributed by atoms with van der Waals surface area (Å²) in [5.41, 5.74) is 7.38. The van der Waals surface area contributed by atoms with Crippen LogP contribution in [0.3, 0.4) is 0 Å². The molecule has 0 aliphatic heterocycles. The van der Waals surface area contributed by atoms with Gasteiger partial charge in [-0.15, -0.1) is 0 Å². The molecule has 0 saturated carbocycles. The number of hydrogen-bond donors (Lipinski definition) is 2. The molecule has 0 radical (unpaired) electrons. The van der Waals surface area contributed by atoms with Crippen molar-refractivity contribution in [2.24, 2.45) is 5.41 Å². The van der Waals surface area contributed by atoms with Crippen LogP contribution in [-0.4, -0.2) is 11.5 Å². The van der Waals surface area contributed by atoms with E-state index < -0.39 is 0 Å². The molecule has 0 spiro atoms. The molecule has 0 bridgehead atoms. The first kappa shape index (κ1) is 13.6. The summed E-state index contributed by atoms with van der Waals surface area (Å²) in [5, 5.41) is 3.96. The summed E-state index contributed by atoms with van der Waals surface area (Å²) in [7, 11) is 0. The average Bonchev–Trinajstić information content (AvgIpc) is 2.38. The first-order chi connectivity index (χ1) is 8.94. The normalized spacial score (nSPS) is 11.8. The largest absolute Gasteiger partial charge is 0.398 e. The maximum atomic E-state index is 14.1. The molecule has 0 aliphatic rings. The second-order valence-electron chi connectivity index (χ2n) is 5.59. The number of hydrogen-bond acceptors (Lipinski definition) is 3. The van der Waals surface area contributed by atoms with E-state index in [9.17, 15) is 4.39 Å². The molecule has 2 rings (SSSR count). The maximum Gasteiger partial charge on any atom is 0.150 e. The van der Waals surface area contributed by atoms with Crippen molar-refractivity contribution in [1.82, 2.24) is 4.98 Å². The van der Waals surface area contributed by atoms with Gasteiger partial charge in [0.1, 0.15) is 0 Å². The molecule has 0 unspecified atom stereocenters. The van der Waals surface area contributed by atoms with Gasteiger partial charge in [0.2, 0.25) is 0 Å². The van der Waals surface area contributed by atoms with Gasteiger partial charge in [0.25, 0.3) is 0 Å². The molecule has 2 aromatic rings. The predicted molar refractivity (Wildman–Crippen MR) is 78.7 cm³/mol. The molecule has 4 heteroatoms. The molecule has 1 aromatic heterocycles. The quantitative estimate of drug-likeness (QED) is 0.823. The fourth-order valence-electron chi connectivity index (χ4n) is 1.86. The third-order valence-electron chi connectivity index (χ3n) is 3.58. The molecule has 3 nitrogen and oxygen atoms in total. The van der Waals surface area contributed by atoms with Crippen molar-refractivity contribution in [1.29, 1.82) is 0 Å². The average molecular weight is 261 g/mol. The van der Waals surface area contributed by atoms with E-state index in [4.69, 9.17) is 5.73 Å². The number of anilines is 2. The monoisotopic (exact) mass is 261 g/mol. The van der Waals surface area contributed by atoms with E-state index in [1.165, 1.54) is 6.07 Å². The minimum atomic E-state index is -0.351. The topological polar surface area (TPSA) is 50.9 Å². The number of aromatic nitrogens is 1. The molecule has 0 aliphatic carbocycles. The van der Waals surface area contributed by atoms with Crippen LogP contribution in [0.4, 0.5) is 15.8 Å². The molecular weight excluding hydrogens is 241 g/mol. The van der Waals surface area contributed by atoms with E-state index >= 15 is 0 Å². The van der Waals surface area contributed by atoms with Gasteiger partial charge in [-0.2, -0.15) is 0 Å². The Morgan fingerprint density at radius 3 is 2.84 bits per heavy atom. The Hall–Kier alpha value is -1.84. The zero-order chi connectivity index (χ0) is 14.0. The van der Waals surface area contributed by atoms with Crippen LogP contribution in [0.2, 0.25) is 0 Å². The Bertz CT molecular complexity index is 593. The van der Waals surface area contributed by atoms with Gasteiger partial charge in [-0.1, -0.05) is 20.8 Å². The third-order valence-corrected chi connectivity index (χ3v) is 3.58. The molecule has 0 atom stereocenters. The highest BCUT2D eigenvalue weighted by Gasteiger charge is 2.17. The van der Waals surface area contributed by atoms with Crippen molar-refractivity contribution in [2.45, 2.75) is 27.2 Å². The van der Waals surface area contributed by atoms with Crippen LogP contribution < -0.4 is 11.1 Å². The predicted octanol–water partition coefficient (Wildman–Crippen LogP) is 3.80. The lowest BCUT2D eigenvalue weighted by atomic mass is 9.90. The Morgan fingerprint density at radius 2 is 2.16 bits per heavy atom. The second kappa shape index (κ2) is 5.03. The highest BCUT2D eigenvalue weighted by molar-refractivity contribution is 5.98. The SMILES string of the molecule is CCC(C)(C)CNc1c(F)cc(N)c2cccnc12. The zero-order valence-electron chi connectivity index (χ0n) is 11.6. The number of nitrogen functional groups attached to an aromatic ring is 1. The maximum absolute atomic E-state index is 14.1. The van der Waals surface area contributed by atoms with Crippen molar-refractivity contribution in [2.75, 3.05) is 17.6 Å². The smallest absolute Gasteiger partial charge is 0.150 e. The number of pyridine rings is 1. The minimum absolute atomic E-state index is 0.106. The number of fused-ring (bicyclic) bond motifs is 1. The number of halogens is 1. The molecule has 102 valence electrons. The van der Waals surface area contributed by atoms with Gasteiger partial charge in [0.05, 0.1) is 11.2 Å². The van der Waals surface area contributed by atoms with Gasteiger partial charge < -0.3 is 11.1 Å². The standard InChI is InChI=1S/C15H20FN3/c1-4-15(2,3)9-19-14-11(16)8-12(17)10-6-5-7-18-13(10)14/h5-8,19H,4,9,17H2,1-3H3. The van der Waals surface area contributed by atoms with Gasteiger partial charge in [0.15, 0.2) is 5.82 Å². The fourth-order valence-corrected chi connectivity index (χ4v) is 1.86. The Balaban J connectivity index is 2.43. The van der Waals surface area contributed by atoms with E-state index in [-0.39, 0.29) is 11.2 Å². The summed E-state index contributed by atoms with van der Waals surface area (Å²) in [4.78, 5) is 4.25. The summed E-state index contributed by atoms with van der Waals surface area (Å²) in [5.74, 6) is -0.351. The van der Waals surface area contributed by atoms with E-state index in [1.54, 1.807) is 12.3 Å². The molecule has 0 fully saturated rings. The third kappa shape index (κ3) is 2.78.